The van der Waals surface area contributed by atoms with Crippen LogP contribution in [0.25, 0.3) is 11.3 Å². The van der Waals surface area contributed by atoms with Crippen molar-refractivity contribution >= 4 is 37.8 Å². The lowest BCUT2D eigenvalue weighted by atomic mass is 10.1. The summed E-state index contributed by atoms with van der Waals surface area (Å²) in [5, 5.41) is 15.7. The maximum atomic E-state index is 14.1. The highest BCUT2D eigenvalue weighted by atomic mass is 79.9. The zero-order valence-electron chi connectivity index (χ0n) is 24.8. The number of fused-ring (bicyclic) bond motifs is 1. The molecule has 2 aromatic carbocycles. The maximum Gasteiger partial charge on any atom is 0.244 e. The first-order valence-electron chi connectivity index (χ1n) is 14.2. The van der Waals surface area contributed by atoms with Gasteiger partial charge in [-0.3, -0.25) is 4.79 Å². The molecule has 1 saturated heterocycles. The molecule has 0 aliphatic carbocycles. The standard InChI is InChI=1S/C28H31BrFN5O6S/c1-16(27(37)33-24(15-36)19-9-20(30)12-22(10-19)40-2)35-14-18-4-3-17(11-25(18)42(35,38)39)26-23(29)13-31-28(34-26)32-21-5-7-41-8-6-21/h3-4,9-13,16,21,24,36H,5-8,14-15H2,1-2H3,(H,33,37)(H,31,32,34)/i14D2. The number of carbonyl (C=O) groups excluding carboxylic acids is 1. The normalized spacial score (nSPS) is 20.1. The number of amides is 1. The maximum absolute atomic E-state index is 14.1. The highest BCUT2D eigenvalue weighted by Gasteiger charge is 2.41. The van der Waals surface area contributed by atoms with Crippen LogP contribution in [0.15, 0.2) is 52.0 Å². The minimum atomic E-state index is -4.53. The van der Waals surface area contributed by atoms with E-state index in [-0.39, 0.29) is 27.8 Å². The molecule has 2 unspecified atom stereocenters. The van der Waals surface area contributed by atoms with Crippen LogP contribution in [-0.4, -0.2) is 72.7 Å². The molecule has 5 rings (SSSR count). The third-order valence-corrected chi connectivity index (χ3v) is 9.48. The Morgan fingerprint density at radius 1 is 1.31 bits per heavy atom. The number of rotatable bonds is 9. The molecule has 2 aliphatic rings. The van der Waals surface area contributed by atoms with E-state index in [1.165, 1.54) is 32.2 Å². The van der Waals surface area contributed by atoms with Gasteiger partial charge in [0.05, 0.1) is 34.8 Å². The first-order chi connectivity index (χ1) is 20.9. The first kappa shape index (κ1) is 27.7. The molecule has 224 valence electrons. The van der Waals surface area contributed by atoms with Crippen molar-refractivity contribution in [1.82, 2.24) is 19.6 Å². The second-order valence-electron chi connectivity index (χ2n) is 9.89. The number of benzene rings is 2. The number of aliphatic hydroxyl groups excluding tert-OH is 1. The average Bonchev–Trinajstić information content (AvgIpc) is 3.16. The number of nitrogens with zero attached hydrogens (tertiary/aromatic N) is 3. The van der Waals surface area contributed by atoms with Crippen LogP contribution < -0.4 is 15.4 Å². The summed E-state index contributed by atoms with van der Waals surface area (Å²) in [6, 6.07) is 5.38. The second kappa shape index (κ2) is 12.6. The number of aromatic nitrogens is 2. The molecule has 2 aliphatic heterocycles. The van der Waals surface area contributed by atoms with Crippen molar-refractivity contribution in [3.8, 4) is 17.0 Å². The van der Waals surface area contributed by atoms with E-state index in [0.29, 0.717) is 39.2 Å². The SMILES string of the molecule is [2H]C1([2H])c2ccc(-c3nc(NC4CCOCC4)ncc3Br)cc2S(=O)(=O)N1C(C)C(=O)NC(CO)c1cc(F)cc(OC)c1. The van der Waals surface area contributed by atoms with Crippen molar-refractivity contribution in [3.63, 3.8) is 0 Å². The number of carbonyl (C=O) groups is 1. The smallest absolute Gasteiger partial charge is 0.244 e. The van der Waals surface area contributed by atoms with Gasteiger partial charge in [0.2, 0.25) is 21.9 Å². The van der Waals surface area contributed by atoms with Crippen molar-refractivity contribution in [1.29, 1.82) is 0 Å². The number of anilines is 1. The average molecular weight is 667 g/mol. The molecule has 0 radical (unpaired) electrons. The summed E-state index contributed by atoms with van der Waals surface area (Å²) in [7, 11) is -3.20. The van der Waals surface area contributed by atoms with Gasteiger partial charge in [-0.1, -0.05) is 12.1 Å². The van der Waals surface area contributed by atoms with Crippen molar-refractivity contribution < 1.29 is 34.9 Å². The minimum Gasteiger partial charge on any atom is -0.497 e. The predicted octanol–water partition coefficient (Wildman–Crippen LogP) is 3.39. The fourth-order valence-corrected chi connectivity index (χ4v) is 6.80. The molecule has 1 aromatic heterocycles. The van der Waals surface area contributed by atoms with Gasteiger partial charge in [-0.2, -0.15) is 4.31 Å². The summed E-state index contributed by atoms with van der Waals surface area (Å²) >= 11 is 3.43. The number of ether oxygens (including phenoxy) is 2. The van der Waals surface area contributed by atoms with Crippen molar-refractivity contribution in [3.05, 3.63) is 64.0 Å². The van der Waals surface area contributed by atoms with E-state index in [0.717, 1.165) is 25.0 Å². The third-order valence-electron chi connectivity index (χ3n) is 7.08. The van der Waals surface area contributed by atoms with Gasteiger partial charge in [-0.05, 0) is 65.0 Å². The highest BCUT2D eigenvalue weighted by molar-refractivity contribution is 9.10. The molecule has 0 saturated carbocycles. The van der Waals surface area contributed by atoms with Gasteiger partial charge >= 0.3 is 0 Å². The quantitative estimate of drug-likeness (QED) is 0.313. The van der Waals surface area contributed by atoms with E-state index in [1.807, 2.05) is 0 Å². The summed E-state index contributed by atoms with van der Waals surface area (Å²) in [4.78, 5) is 21.9. The summed E-state index contributed by atoms with van der Waals surface area (Å²) < 4.78 is 70.6. The Morgan fingerprint density at radius 2 is 2.07 bits per heavy atom. The Labute approximate surface area is 254 Å². The van der Waals surface area contributed by atoms with Gasteiger partial charge in [-0.15, -0.1) is 0 Å². The van der Waals surface area contributed by atoms with Gasteiger partial charge in [0.25, 0.3) is 0 Å². The van der Waals surface area contributed by atoms with E-state index in [1.54, 1.807) is 12.3 Å². The van der Waals surface area contributed by atoms with E-state index >= 15 is 0 Å². The van der Waals surface area contributed by atoms with Crippen LogP contribution in [0.5, 0.6) is 5.75 Å². The van der Waals surface area contributed by atoms with Crippen LogP contribution in [0.3, 0.4) is 0 Å². The lowest BCUT2D eigenvalue weighted by molar-refractivity contribution is -0.125. The molecule has 0 spiro atoms. The minimum absolute atomic E-state index is 0.125. The molecule has 1 fully saturated rings. The van der Waals surface area contributed by atoms with E-state index in [4.69, 9.17) is 12.2 Å². The summed E-state index contributed by atoms with van der Waals surface area (Å²) in [6.07, 6.45) is 3.13. The molecular formula is C28H31BrFN5O6S. The molecule has 1 amide bonds. The second-order valence-corrected chi connectivity index (χ2v) is 12.5. The van der Waals surface area contributed by atoms with Crippen LogP contribution in [-0.2, 0) is 26.1 Å². The lowest BCUT2D eigenvalue weighted by Crippen LogP contribution is -2.46. The van der Waals surface area contributed by atoms with E-state index in [2.05, 4.69) is 36.5 Å². The number of methoxy groups -OCH3 is 1. The highest BCUT2D eigenvalue weighted by Crippen LogP contribution is 2.37. The van der Waals surface area contributed by atoms with Crippen LogP contribution in [0, 0.1) is 5.82 Å². The fraction of sp³-hybridized carbons (Fsp3) is 0.393. The Balaban J connectivity index is 1.42. The van der Waals surface area contributed by atoms with Gasteiger partial charge < -0.3 is 25.2 Å². The summed E-state index contributed by atoms with van der Waals surface area (Å²) in [6.45, 7) is -0.725. The molecule has 0 bridgehead atoms. The van der Waals surface area contributed by atoms with Crippen molar-refractivity contribution in [2.24, 2.45) is 0 Å². The van der Waals surface area contributed by atoms with Crippen LogP contribution in [0.2, 0.25) is 0 Å². The molecular weight excluding hydrogens is 633 g/mol. The fourth-order valence-electron chi connectivity index (χ4n) is 4.77. The summed E-state index contributed by atoms with van der Waals surface area (Å²) in [5.41, 5.74) is 0.840. The topological polar surface area (TPSA) is 143 Å². The van der Waals surface area contributed by atoms with E-state index in [9.17, 15) is 22.7 Å². The van der Waals surface area contributed by atoms with Crippen molar-refractivity contribution in [2.45, 2.75) is 49.3 Å². The van der Waals surface area contributed by atoms with Gasteiger partial charge in [0.15, 0.2) is 0 Å². The third kappa shape index (κ3) is 6.27. The molecule has 14 heteroatoms. The van der Waals surface area contributed by atoms with Crippen molar-refractivity contribution in [2.75, 3.05) is 32.2 Å². The molecule has 3 aromatic rings. The Kier molecular flexibility index (Phi) is 8.29. The van der Waals surface area contributed by atoms with Crippen LogP contribution >= 0.6 is 15.9 Å². The predicted molar refractivity (Wildman–Crippen MR) is 156 cm³/mol. The first-order valence-corrected chi connectivity index (χ1v) is 15.4. The van der Waals surface area contributed by atoms with Gasteiger partial charge in [0.1, 0.15) is 17.6 Å². The van der Waals surface area contributed by atoms with Crippen LogP contribution in [0.1, 0.15) is 39.7 Å². The number of aliphatic hydroxyl groups is 1. The number of hydrogen-bond acceptors (Lipinski definition) is 9. The molecule has 3 N–H and O–H groups in total. The van der Waals surface area contributed by atoms with Crippen LogP contribution in [0.4, 0.5) is 10.3 Å². The van der Waals surface area contributed by atoms with Gasteiger partial charge in [-0.25, -0.2) is 22.8 Å². The molecule has 11 nitrogen and oxygen atoms in total. The van der Waals surface area contributed by atoms with E-state index < -0.39 is 46.9 Å². The largest absolute Gasteiger partial charge is 0.497 e. The zero-order valence-corrected chi connectivity index (χ0v) is 25.2. The molecule has 42 heavy (non-hydrogen) atoms. The number of sulfonamides is 1. The number of nitrogens with one attached hydrogen (secondary N) is 2. The number of halogens is 2. The lowest BCUT2D eigenvalue weighted by Gasteiger charge is -2.25. The summed E-state index contributed by atoms with van der Waals surface area (Å²) in [5.74, 6) is -1.04. The Hall–Kier alpha value is -3.17. The monoisotopic (exact) mass is 665 g/mol. The zero-order chi connectivity index (χ0) is 31.8. The molecule has 2 atom stereocenters. The number of hydrogen-bond donors (Lipinski definition) is 3. The Morgan fingerprint density at radius 3 is 2.79 bits per heavy atom. The molecule has 3 heterocycles. The Bertz CT molecular complexity index is 1680. The van der Waals surface area contributed by atoms with Gasteiger partial charge in [0, 0.05) is 46.3 Å².